The van der Waals surface area contributed by atoms with Crippen LogP contribution in [-0.2, 0) is 4.79 Å². The standard InChI is InChI=1S/C11H16BrN3O/c1-3-6-13-11(16)7-14-10-5-4-9(12)8(2)15-10/h4-5H,3,6-7H2,1-2H3,(H,13,16)(H,14,15). The normalized spacial score (nSPS) is 9.94. The van der Waals surface area contributed by atoms with E-state index in [1.807, 2.05) is 26.0 Å². The van der Waals surface area contributed by atoms with Crippen LogP contribution in [0.2, 0.25) is 0 Å². The fraction of sp³-hybridized carbons (Fsp3) is 0.455. The minimum Gasteiger partial charge on any atom is -0.361 e. The van der Waals surface area contributed by atoms with Crippen LogP contribution in [0.3, 0.4) is 0 Å². The largest absolute Gasteiger partial charge is 0.361 e. The lowest BCUT2D eigenvalue weighted by molar-refractivity contribution is -0.119. The summed E-state index contributed by atoms with van der Waals surface area (Å²) in [4.78, 5) is 15.6. The van der Waals surface area contributed by atoms with Gasteiger partial charge in [-0.2, -0.15) is 0 Å². The van der Waals surface area contributed by atoms with E-state index in [0.717, 1.165) is 16.6 Å². The Bertz CT molecular complexity index is 368. The molecule has 0 bridgehead atoms. The molecule has 2 N–H and O–H groups in total. The molecule has 0 radical (unpaired) electrons. The van der Waals surface area contributed by atoms with Crippen LogP contribution in [0, 0.1) is 6.92 Å². The molecular formula is C11H16BrN3O. The average molecular weight is 286 g/mol. The van der Waals surface area contributed by atoms with Crippen LogP contribution in [0.5, 0.6) is 0 Å². The van der Waals surface area contributed by atoms with Crippen molar-refractivity contribution < 1.29 is 4.79 Å². The number of nitrogens with zero attached hydrogens (tertiary/aromatic N) is 1. The Kier molecular flexibility index (Phi) is 5.25. The zero-order valence-corrected chi connectivity index (χ0v) is 11.1. The van der Waals surface area contributed by atoms with E-state index in [1.54, 1.807) is 0 Å². The summed E-state index contributed by atoms with van der Waals surface area (Å²) in [6.45, 7) is 4.90. The van der Waals surface area contributed by atoms with Gasteiger partial charge in [-0.25, -0.2) is 4.98 Å². The van der Waals surface area contributed by atoms with Crippen molar-refractivity contribution in [1.82, 2.24) is 10.3 Å². The number of halogens is 1. The van der Waals surface area contributed by atoms with Gasteiger partial charge in [0.2, 0.25) is 5.91 Å². The van der Waals surface area contributed by atoms with E-state index in [0.29, 0.717) is 12.4 Å². The maximum Gasteiger partial charge on any atom is 0.239 e. The molecule has 1 rings (SSSR count). The fourth-order valence-electron chi connectivity index (χ4n) is 1.14. The van der Waals surface area contributed by atoms with Crippen LogP contribution < -0.4 is 10.6 Å². The molecule has 0 aliphatic carbocycles. The summed E-state index contributed by atoms with van der Waals surface area (Å²) in [7, 11) is 0. The van der Waals surface area contributed by atoms with Gasteiger partial charge in [0.25, 0.3) is 0 Å². The Morgan fingerprint density at radius 3 is 2.88 bits per heavy atom. The summed E-state index contributed by atoms with van der Waals surface area (Å²) in [5, 5.41) is 5.77. The molecule has 0 aliphatic rings. The lowest BCUT2D eigenvalue weighted by atomic mass is 10.3. The molecule has 1 aromatic heterocycles. The summed E-state index contributed by atoms with van der Waals surface area (Å²) >= 11 is 3.37. The molecule has 0 spiro atoms. The Morgan fingerprint density at radius 2 is 2.25 bits per heavy atom. The van der Waals surface area contributed by atoms with E-state index < -0.39 is 0 Å². The molecule has 88 valence electrons. The van der Waals surface area contributed by atoms with Crippen LogP contribution >= 0.6 is 15.9 Å². The predicted octanol–water partition coefficient (Wildman–Crippen LogP) is 2.09. The van der Waals surface area contributed by atoms with Crippen molar-refractivity contribution in [3.63, 3.8) is 0 Å². The van der Waals surface area contributed by atoms with Crippen LogP contribution in [0.25, 0.3) is 0 Å². The first kappa shape index (κ1) is 13.0. The summed E-state index contributed by atoms with van der Waals surface area (Å²) in [6.07, 6.45) is 0.946. The average Bonchev–Trinajstić information content (AvgIpc) is 2.28. The van der Waals surface area contributed by atoms with Crippen molar-refractivity contribution in [2.24, 2.45) is 0 Å². The molecule has 0 aromatic carbocycles. The van der Waals surface area contributed by atoms with Gasteiger partial charge in [0.1, 0.15) is 5.82 Å². The Balaban J connectivity index is 2.42. The van der Waals surface area contributed by atoms with Gasteiger partial charge in [-0.1, -0.05) is 6.92 Å². The Labute approximate surface area is 104 Å². The first-order valence-electron chi connectivity index (χ1n) is 5.27. The molecular weight excluding hydrogens is 270 g/mol. The van der Waals surface area contributed by atoms with Gasteiger partial charge >= 0.3 is 0 Å². The van der Waals surface area contributed by atoms with Crippen molar-refractivity contribution in [3.05, 3.63) is 22.3 Å². The minimum atomic E-state index is -0.00998. The van der Waals surface area contributed by atoms with E-state index in [2.05, 4.69) is 31.5 Å². The van der Waals surface area contributed by atoms with Crippen LogP contribution in [0.15, 0.2) is 16.6 Å². The number of aryl methyl sites for hydroxylation is 1. The second kappa shape index (κ2) is 6.48. The number of pyridine rings is 1. The van der Waals surface area contributed by atoms with Gasteiger partial charge in [0, 0.05) is 11.0 Å². The third kappa shape index (κ3) is 4.18. The number of hydrogen-bond donors (Lipinski definition) is 2. The smallest absolute Gasteiger partial charge is 0.239 e. The Hall–Kier alpha value is -1.10. The second-order valence-electron chi connectivity index (χ2n) is 3.47. The van der Waals surface area contributed by atoms with E-state index in [1.165, 1.54) is 0 Å². The molecule has 0 saturated heterocycles. The Morgan fingerprint density at radius 1 is 1.50 bits per heavy atom. The van der Waals surface area contributed by atoms with Crippen molar-refractivity contribution in [3.8, 4) is 0 Å². The summed E-state index contributed by atoms with van der Waals surface area (Å²) in [5.41, 5.74) is 0.902. The van der Waals surface area contributed by atoms with E-state index >= 15 is 0 Å². The molecule has 0 saturated carbocycles. The fourth-order valence-corrected chi connectivity index (χ4v) is 1.36. The first-order chi connectivity index (χ1) is 7.63. The molecule has 1 aromatic rings. The lowest BCUT2D eigenvalue weighted by Gasteiger charge is -2.07. The van der Waals surface area contributed by atoms with E-state index in [4.69, 9.17) is 0 Å². The van der Waals surface area contributed by atoms with Crippen molar-refractivity contribution in [2.75, 3.05) is 18.4 Å². The maximum atomic E-state index is 11.3. The molecule has 1 heterocycles. The molecule has 5 heteroatoms. The molecule has 0 aliphatic heterocycles. The molecule has 0 atom stereocenters. The number of carbonyl (C=O) groups excluding carboxylic acids is 1. The monoisotopic (exact) mass is 285 g/mol. The highest BCUT2D eigenvalue weighted by Crippen LogP contribution is 2.15. The van der Waals surface area contributed by atoms with Crippen LogP contribution in [-0.4, -0.2) is 24.0 Å². The summed E-state index contributed by atoms with van der Waals surface area (Å²) in [5.74, 6) is 0.705. The zero-order chi connectivity index (χ0) is 12.0. The van der Waals surface area contributed by atoms with Crippen molar-refractivity contribution in [2.45, 2.75) is 20.3 Å². The molecule has 16 heavy (non-hydrogen) atoms. The maximum absolute atomic E-state index is 11.3. The van der Waals surface area contributed by atoms with E-state index in [9.17, 15) is 4.79 Å². The minimum absolute atomic E-state index is 0.00998. The number of aromatic nitrogens is 1. The third-order valence-corrected chi connectivity index (χ3v) is 2.86. The van der Waals surface area contributed by atoms with Crippen molar-refractivity contribution in [1.29, 1.82) is 0 Å². The van der Waals surface area contributed by atoms with Crippen LogP contribution in [0.1, 0.15) is 19.0 Å². The predicted molar refractivity (Wildman–Crippen MR) is 68.5 cm³/mol. The number of nitrogens with one attached hydrogen (secondary N) is 2. The number of carbonyl (C=O) groups is 1. The van der Waals surface area contributed by atoms with Gasteiger partial charge in [0.05, 0.1) is 12.2 Å². The second-order valence-corrected chi connectivity index (χ2v) is 4.32. The van der Waals surface area contributed by atoms with E-state index in [-0.39, 0.29) is 12.5 Å². The molecule has 0 fully saturated rings. The number of anilines is 1. The highest BCUT2D eigenvalue weighted by atomic mass is 79.9. The van der Waals surface area contributed by atoms with Crippen LogP contribution in [0.4, 0.5) is 5.82 Å². The number of amides is 1. The van der Waals surface area contributed by atoms with Gasteiger partial charge in [-0.15, -0.1) is 0 Å². The highest BCUT2D eigenvalue weighted by Gasteiger charge is 2.02. The molecule has 1 amide bonds. The number of hydrogen-bond acceptors (Lipinski definition) is 3. The molecule has 0 unspecified atom stereocenters. The zero-order valence-electron chi connectivity index (χ0n) is 9.51. The summed E-state index contributed by atoms with van der Waals surface area (Å²) < 4.78 is 0.966. The lowest BCUT2D eigenvalue weighted by Crippen LogP contribution is -2.30. The first-order valence-corrected chi connectivity index (χ1v) is 6.06. The van der Waals surface area contributed by atoms with Gasteiger partial charge in [-0.3, -0.25) is 4.79 Å². The van der Waals surface area contributed by atoms with Crippen molar-refractivity contribution >= 4 is 27.7 Å². The third-order valence-electron chi connectivity index (χ3n) is 2.02. The number of rotatable bonds is 5. The van der Waals surface area contributed by atoms with Gasteiger partial charge < -0.3 is 10.6 Å². The molecule has 4 nitrogen and oxygen atoms in total. The highest BCUT2D eigenvalue weighted by molar-refractivity contribution is 9.10. The quantitative estimate of drug-likeness (QED) is 0.871. The summed E-state index contributed by atoms with van der Waals surface area (Å²) in [6, 6.07) is 3.75. The van der Waals surface area contributed by atoms with Gasteiger partial charge in [-0.05, 0) is 41.4 Å². The SMILES string of the molecule is CCCNC(=O)CNc1ccc(Br)c(C)n1. The van der Waals surface area contributed by atoms with Gasteiger partial charge in [0.15, 0.2) is 0 Å². The topological polar surface area (TPSA) is 54.0 Å².